The first kappa shape index (κ1) is 27.5. The van der Waals surface area contributed by atoms with Crippen LogP contribution in [-0.2, 0) is 23.8 Å². The summed E-state index contributed by atoms with van der Waals surface area (Å²) >= 11 is 0. The number of aliphatic carboxylic acids is 1. The van der Waals surface area contributed by atoms with Crippen molar-refractivity contribution in [3.8, 4) is 0 Å². The van der Waals surface area contributed by atoms with Gasteiger partial charge in [0.05, 0.1) is 43.5 Å². The van der Waals surface area contributed by atoms with E-state index >= 15 is 0 Å². The quantitative estimate of drug-likeness (QED) is 0.217. The molecule has 0 saturated carbocycles. The molecular formula is C26H39NO8. The molecule has 1 spiro atoms. The molecule has 9 unspecified atom stereocenters. The molecule has 196 valence electrons. The van der Waals surface area contributed by atoms with Crippen molar-refractivity contribution in [3.63, 3.8) is 0 Å². The minimum absolute atomic E-state index is 0.00843. The lowest BCUT2D eigenvalue weighted by Crippen LogP contribution is -2.50. The van der Waals surface area contributed by atoms with Crippen LogP contribution in [0.1, 0.15) is 53.4 Å². The number of hydrogen-bond acceptors (Lipinski definition) is 7. The Morgan fingerprint density at radius 2 is 1.94 bits per heavy atom. The number of nitrogens with one attached hydrogen (secondary N) is 1. The van der Waals surface area contributed by atoms with E-state index in [1.807, 2.05) is 19.9 Å². The Kier molecular flexibility index (Phi) is 9.28. The number of carbonyl (C=O) groups excluding carboxylic acids is 1. The fourth-order valence-corrected chi connectivity index (χ4v) is 4.78. The number of carbonyl (C=O) groups is 2. The fourth-order valence-electron chi connectivity index (χ4n) is 4.78. The van der Waals surface area contributed by atoms with Crippen LogP contribution in [-0.4, -0.2) is 82.1 Å². The standard InChI is InChI=1S/C26H39NO8/c1-15(6-9-22-25(32)26(14-33-26)13-19(35-22)12-24(30)31)5-8-21-16(2)11-20(18(4)34-21)27-23(29)10-7-17(3)28/h5-7,9-10,16-22,25,28,32H,8,11-14H2,1-4H3,(H,27,29)(H,30,31). The number of carboxylic acid groups (broad SMARTS) is 1. The Balaban J connectivity index is 1.52. The lowest BCUT2D eigenvalue weighted by atomic mass is 9.87. The number of rotatable bonds is 9. The van der Waals surface area contributed by atoms with Gasteiger partial charge < -0.3 is 34.8 Å². The molecule has 1 amide bonds. The molecule has 3 aliphatic heterocycles. The number of aliphatic hydroxyl groups excluding tert-OH is 2. The van der Waals surface area contributed by atoms with Gasteiger partial charge in [-0.1, -0.05) is 36.8 Å². The van der Waals surface area contributed by atoms with Crippen molar-refractivity contribution in [2.75, 3.05) is 6.61 Å². The minimum atomic E-state index is -0.935. The van der Waals surface area contributed by atoms with Gasteiger partial charge >= 0.3 is 5.97 Å². The van der Waals surface area contributed by atoms with Crippen LogP contribution >= 0.6 is 0 Å². The predicted octanol–water partition coefficient (Wildman–Crippen LogP) is 1.88. The smallest absolute Gasteiger partial charge is 0.305 e. The third kappa shape index (κ3) is 7.72. The molecule has 0 radical (unpaired) electrons. The molecule has 0 aromatic rings. The number of ether oxygens (including phenoxy) is 3. The summed E-state index contributed by atoms with van der Waals surface area (Å²) in [6, 6.07) is -0.0991. The summed E-state index contributed by atoms with van der Waals surface area (Å²) in [4.78, 5) is 23.2. The Morgan fingerprint density at radius 1 is 1.23 bits per heavy atom. The number of amides is 1. The first-order chi connectivity index (χ1) is 16.5. The molecule has 0 aromatic heterocycles. The van der Waals surface area contributed by atoms with E-state index < -0.39 is 36.0 Å². The maximum Gasteiger partial charge on any atom is 0.305 e. The van der Waals surface area contributed by atoms with E-state index in [2.05, 4.69) is 18.3 Å². The Morgan fingerprint density at radius 3 is 2.57 bits per heavy atom. The van der Waals surface area contributed by atoms with E-state index in [-0.39, 0.29) is 36.5 Å². The topological polar surface area (TPSA) is 138 Å². The second-order valence-corrected chi connectivity index (χ2v) is 10.2. The number of hydrogen-bond donors (Lipinski definition) is 4. The fraction of sp³-hybridized carbons (Fsp3) is 0.692. The Labute approximate surface area is 206 Å². The largest absolute Gasteiger partial charge is 0.481 e. The average Bonchev–Trinajstić information content (AvgIpc) is 3.54. The van der Waals surface area contributed by atoms with Crippen molar-refractivity contribution < 1.29 is 39.1 Å². The van der Waals surface area contributed by atoms with Gasteiger partial charge in [0.25, 0.3) is 0 Å². The van der Waals surface area contributed by atoms with Crippen LogP contribution < -0.4 is 5.32 Å². The monoisotopic (exact) mass is 493 g/mol. The third-order valence-corrected chi connectivity index (χ3v) is 6.98. The maximum atomic E-state index is 12.1. The van der Waals surface area contributed by atoms with Gasteiger partial charge in [0, 0.05) is 12.5 Å². The molecular weight excluding hydrogens is 454 g/mol. The van der Waals surface area contributed by atoms with E-state index in [4.69, 9.17) is 19.3 Å². The molecule has 4 N–H and O–H groups in total. The van der Waals surface area contributed by atoms with Crippen LogP contribution in [0.3, 0.4) is 0 Å². The van der Waals surface area contributed by atoms with E-state index in [1.165, 1.54) is 12.2 Å². The maximum absolute atomic E-state index is 12.1. The molecule has 0 aliphatic carbocycles. The lowest BCUT2D eigenvalue weighted by molar-refractivity contribution is -0.155. The van der Waals surface area contributed by atoms with E-state index in [0.717, 1.165) is 12.0 Å². The van der Waals surface area contributed by atoms with Gasteiger partial charge in [0.1, 0.15) is 17.8 Å². The van der Waals surface area contributed by atoms with Crippen molar-refractivity contribution in [1.29, 1.82) is 0 Å². The lowest BCUT2D eigenvalue weighted by Gasteiger charge is -2.39. The zero-order chi connectivity index (χ0) is 25.8. The van der Waals surface area contributed by atoms with Gasteiger partial charge in [-0.05, 0) is 39.5 Å². The average molecular weight is 494 g/mol. The highest BCUT2D eigenvalue weighted by Crippen LogP contribution is 2.43. The van der Waals surface area contributed by atoms with Crippen LogP contribution in [0.15, 0.2) is 36.0 Å². The van der Waals surface area contributed by atoms with Gasteiger partial charge in [-0.25, -0.2) is 0 Å². The highest BCUT2D eigenvalue weighted by molar-refractivity contribution is 5.87. The van der Waals surface area contributed by atoms with Crippen LogP contribution in [0, 0.1) is 5.92 Å². The van der Waals surface area contributed by atoms with Gasteiger partial charge in [-0.2, -0.15) is 0 Å². The molecule has 3 rings (SSSR count). The number of aliphatic hydroxyl groups is 2. The summed E-state index contributed by atoms with van der Waals surface area (Å²) in [6.07, 6.45) is 7.50. The van der Waals surface area contributed by atoms with Crippen molar-refractivity contribution >= 4 is 11.9 Å². The molecule has 35 heavy (non-hydrogen) atoms. The molecule has 9 nitrogen and oxygen atoms in total. The van der Waals surface area contributed by atoms with Crippen LogP contribution in [0.5, 0.6) is 0 Å². The van der Waals surface area contributed by atoms with Gasteiger partial charge in [0.15, 0.2) is 0 Å². The summed E-state index contributed by atoms with van der Waals surface area (Å²) in [5.74, 6) is -0.943. The molecule has 9 heteroatoms. The highest BCUT2D eigenvalue weighted by Gasteiger charge is 2.58. The summed E-state index contributed by atoms with van der Waals surface area (Å²) in [5, 5.41) is 32.0. The molecule has 3 saturated heterocycles. The van der Waals surface area contributed by atoms with Crippen LogP contribution in [0.4, 0.5) is 0 Å². The van der Waals surface area contributed by atoms with Crippen molar-refractivity contribution in [3.05, 3.63) is 36.0 Å². The van der Waals surface area contributed by atoms with Crippen molar-refractivity contribution in [1.82, 2.24) is 5.32 Å². The molecule has 3 aliphatic rings. The van der Waals surface area contributed by atoms with Gasteiger partial charge in [-0.15, -0.1) is 0 Å². The second kappa shape index (κ2) is 11.8. The molecule has 9 atom stereocenters. The first-order valence-corrected chi connectivity index (χ1v) is 12.4. The highest BCUT2D eigenvalue weighted by atomic mass is 16.6. The third-order valence-electron chi connectivity index (χ3n) is 6.98. The van der Waals surface area contributed by atoms with Crippen molar-refractivity contribution in [2.24, 2.45) is 5.92 Å². The van der Waals surface area contributed by atoms with E-state index in [1.54, 1.807) is 13.0 Å². The number of epoxide rings is 1. The van der Waals surface area contributed by atoms with Gasteiger partial charge in [-0.3, -0.25) is 9.59 Å². The van der Waals surface area contributed by atoms with E-state index in [9.17, 15) is 19.8 Å². The molecule has 3 heterocycles. The summed E-state index contributed by atoms with van der Waals surface area (Å²) < 4.78 is 17.5. The van der Waals surface area contributed by atoms with Crippen LogP contribution in [0.25, 0.3) is 0 Å². The first-order valence-electron chi connectivity index (χ1n) is 12.4. The summed E-state index contributed by atoms with van der Waals surface area (Å²) in [6.45, 7) is 8.01. The second-order valence-electron chi connectivity index (χ2n) is 10.2. The molecule has 0 aromatic carbocycles. The van der Waals surface area contributed by atoms with E-state index in [0.29, 0.717) is 19.4 Å². The predicted molar refractivity (Wildman–Crippen MR) is 129 cm³/mol. The van der Waals surface area contributed by atoms with Crippen LogP contribution in [0.2, 0.25) is 0 Å². The molecule has 3 fully saturated rings. The summed E-state index contributed by atoms with van der Waals surface area (Å²) in [5.41, 5.74) is 0.291. The normalized spacial score (nSPS) is 38.7. The zero-order valence-electron chi connectivity index (χ0n) is 20.9. The van der Waals surface area contributed by atoms with Gasteiger partial charge in [0.2, 0.25) is 5.91 Å². The van der Waals surface area contributed by atoms with Crippen molar-refractivity contribution in [2.45, 2.75) is 102 Å². The minimum Gasteiger partial charge on any atom is -0.481 e. The Hall–Kier alpha value is -2.04. The zero-order valence-corrected chi connectivity index (χ0v) is 20.9. The number of carboxylic acids is 1. The molecule has 0 bridgehead atoms. The summed E-state index contributed by atoms with van der Waals surface area (Å²) in [7, 11) is 0. The number of allylic oxidation sites excluding steroid dienone is 2. The SMILES string of the molecule is CC(C=CC1OC(CC(=O)O)CC2(CO2)C1O)=CCC1OC(C)C(NC(=O)C=CC(C)O)CC1C. The Bertz CT molecular complexity index is 846.